The van der Waals surface area contributed by atoms with Gasteiger partial charge in [-0.25, -0.2) is 4.98 Å². The second kappa shape index (κ2) is 6.44. The van der Waals surface area contributed by atoms with E-state index >= 15 is 0 Å². The van der Waals surface area contributed by atoms with Gasteiger partial charge < -0.3 is 5.73 Å². The van der Waals surface area contributed by atoms with Crippen LogP contribution >= 0.6 is 27.5 Å². The molecule has 0 spiro atoms. The second-order valence-electron chi connectivity index (χ2n) is 6.12. The Morgan fingerprint density at radius 2 is 2.20 bits per heavy atom. The Morgan fingerprint density at radius 1 is 1.36 bits per heavy atom. The number of H-pyrrole nitrogens is 1. The number of nitrogens with two attached hydrogens (primary N) is 1. The van der Waals surface area contributed by atoms with Gasteiger partial charge in [-0.05, 0) is 43.1 Å². The van der Waals surface area contributed by atoms with E-state index in [9.17, 15) is 4.79 Å². The van der Waals surface area contributed by atoms with Crippen molar-refractivity contribution in [2.75, 3.05) is 12.3 Å². The van der Waals surface area contributed by atoms with Crippen LogP contribution in [0, 0.1) is 0 Å². The molecule has 2 aromatic heterocycles. The fourth-order valence-electron chi connectivity index (χ4n) is 3.37. The van der Waals surface area contributed by atoms with Gasteiger partial charge in [-0.3, -0.25) is 14.8 Å². The molecule has 1 atom stereocenters. The summed E-state index contributed by atoms with van der Waals surface area (Å²) in [4.78, 5) is 23.0. The van der Waals surface area contributed by atoms with E-state index in [-0.39, 0.29) is 23.3 Å². The monoisotopic (exact) mass is 422 g/mol. The van der Waals surface area contributed by atoms with Gasteiger partial charge in [0.25, 0.3) is 11.3 Å². The molecule has 0 bridgehead atoms. The van der Waals surface area contributed by atoms with Gasteiger partial charge >= 0.3 is 0 Å². The first-order valence-electron chi connectivity index (χ1n) is 7.94. The van der Waals surface area contributed by atoms with Crippen molar-refractivity contribution in [3.8, 4) is 0 Å². The predicted octanol–water partition coefficient (Wildman–Crippen LogP) is 2.75. The summed E-state index contributed by atoms with van der Waals surface area (Å²) in [5.74, 6) is 0.456. The van der Waals surface area contributed by atoms with Crippen LogP contribution < -0.4 is 11.3 Å². The number of hydrogen-bond donors (Lipinski definition) is 2. The lowest BCUT2D eigenvalue weighted by atomic mass is 10.0. The van der Waals surface area contributed by atoms with Crippen LogP contribution in [0.5, 0.6) is 0 Å². The van der Waals surface area contributed by atoms with E-state index in [0.29, 0.717) is 12.2 Å². The molecule has 0 radical (unpaired) electrons. The van der Waals surface area contributed by atoms with Crippen LogP contribution in [0.4, 0.5) is 5.95 Å². The first-order valence-corrected chi connectivity index (χ1v) is 9.11. The van der Waals surface area contributed by atoms with Gasteiger partial charge in [0.1, 0.15) is 0 Å². The zero-order valence-electron chi connectivity index (χ0n) is 13.2. The van der Waals surface area contributed by atoms with Crippen molar-refractivity contribution in [2.24, 2.45) is 0 Å². The van der Waals surface area contributed by atoms with Crippen LogP contribution in [0.25, 0.3) is 5.78 Å². The first-order chi connectivity index (χ1) is 12.0. The quantitative estimate of drug-likeness (QED) is 0.676. The molecule has 1 fully saturated rings. The molecule has 130 valence electrons. The molecule has 0 saturated carbocycles. The summed E-state index contributed by atoms with van der Waals surface area (Å²) >= 11 is 9.92. The van der Waals surface area contributed by atoms with Crippen LogP contribution in [0.3, 0.4) is 0 Å². The average Bonchev–Trinajstić information content (AvgIpc) is 3.16. The van der Waals surface area contributed by atoms with Crippen molar-refractivity contribution in [1.29, 1.82) is 0 Å². The number of rotatable bonds is 3. The lowest BCUT2D eigenvalue weighted by molar-refractivity contribution is 0.245. The number of likely N-dealkylation sites (tertiary alicyclic amines) is 1. The number of aromatic nitrogens is 4. The number of nitrogen functional groups attached to an aromatic ring is 1. The molecule has 7 nitrogen and oxygen atoms in total. The average molecular weight is 424 g/mol. The molecule has 25 heavy (non-hydrogen) atoms. The molecular formula is C16H16BrClN6O. The van der Waals surface area contributed by atoms with Gasteiger partial charge in [0.2, 0.25) is 5.95 Å². The van der Waals surface area contributed by atoms with Crippen molar-refractivity contribution in [1.82, 2.24) is 24.5 Å². The highest BCUT2D eigenvalue weighted by atomic mass is 79.9. The van der Waals surface area contributed by atoms with Crippen molar-refractivity contribution < 1.29 is 0 Å². The number of benzene rings is 1. The Labute approximate surface area is 156 Å². The van der Waals surface area contributed by atoms with Gasteiger partial charge in [-0.1, -0.05) is 27.5 Å². The third-order valence-electron chi connectivity index (χ3n) is 4.45. The van der Waals surface area contributed by atoms with E-state index < -0.39 is 0 Å². The number of aromatic amines is 1. The second-order valence-corrected chi connectivity index (χ2v) is 7.45. The number of halogens is 2. The maximum Gasteiger partial charge on any atom is 0.274 e. The van der Waals surface area contributed by atoms with Crippen molar-refractivity contribution in [3.05, 3.63) is 55.4 Å². The standard InChI is InChI=1S/C16H16BrClN6O/c17-9-3-4-12(18)11(6-9)13-2-1-5-23(13)8-10-7-14(25)24-16(20-10)21-15(19)22-24/h3-4,6-7,13H,1-2,5,8H2,(H3,19,20,21,22). The summed E-state index contributed by atoms with van der Waals surface area (Å²) in [6.07, 6.45) is 2.09. The molecule has 1 aliphatic rings. The van der Waals surface area contributed by atoms with Crippen LogP contribution in [-0.2, 0) is 6.54 Å². The molecule has 1 aromatic carbocycles. The highest BCUT2D eigenvalue weighted by Gasteiger charge is 2.28. The molecule has 3 N–H and O–H groups in total. The summed E-state index contributed by atoms with van der Waals surface area (Å²) in [6.45, 7) is 1.49. The van der Waals surface area contributed by atoms with E-state index in [2.05, 4.69) is 42.0 Å². The smallest absolute Gasteiger partial charge is 0.274 e. The predicted molar refractivity (Wildman–Crippen MR) is 99.6 cm³/mol. The summed E-state index contributed by atoms with van der Waals surface area (Å²) in [7, 11) is 0. The number of nitrogens with one attached hydrogen (secondary N) is 1. The summed E-state index contributed by atoms with van der Waals surface area (Å²) in [5, 5.41) is 3.42. The molecule has 1 saturated heterocycles. The first kappa shape index (κ1) is 16.6. The maximum atomic E-state index is 12.2. The molecule has 1 unspecified atom stereocenters. The van der Waals surface area contributed by atoms with Crippen molar-refractivity contribution in [3.63, 3.8) is 0 Å². The Balaban J connectivity index is 1.65. The number of fused-ring (bicyclic) bond motifs is 1. The van der Waals surface area contributed by atoms with Crippen molar-refractivity contribution >= 4 is 39.3 Å². The zero-order chi connectivity index (χ0) is 17.6. The van der Waals surface area contributed by atoms with E-state index in [1.807, 2.05) is 12.1 Å². The fourth-order valence-corrected chi connectivity index (χ4v) is 3.99. The summed E-state index contributed by atoms with van der Waals surface area (Å²) in [5.41, 5.74) is 7.15. The van der Waals surface area contributed by atoms with E-state index in [1.165, 1.54) is 10.6 Å². The normalized spacial score (nSPS) is 18.2. The molecule has 0 aliphatic carbocycles. The Bertz CT molecular complexity index is 1000. The number of anilines is 1. The third-order valence-corrected chi connectivity index (χ3v) is 5.28. The summed E-state index contributed by atoms with van der Waals surface area (Å²) < 4.78 is 2.24. The van der Waals surface area contributed by atoms with E-state index in [1.54, 1.807) is 0 Å². The van der Waals surface area contributed by atoms with Crippen LogP contribution in [0.1, 0.15) is 30.1 Å². The maximum absolute atomic E-state index is 12.2. The van der Waals surface area contributed by atoms with Gasteiger partial charge in [0, 0.05) is 28.1 Å². The van der Waals surface area contributed by atoms with Crippen molar-refractivity contribution in [2.45, 2.75) is 25.4 Å². The van der Waals surface area contributed by atoms with Crippen LogP contribution in [0.2, 0.25) is 5.02 Å². The Morgan fingerprint density at radius 3 is 3.04 bits per heavy atom. The molecule has 3 heterocycles. The summed E-state index contributed by atoms with van der Waals surface area (Å²) in [6, 6.07) is 7.62. The SMILES string of the molecule is Nc1nc2nc(CN3CCCC3c3cc(Br)ccc3Cl)cc(=O)n2[nH]1. The highest BCUT2D eigenvalue weighted by Crippen LogP contribution is 2.37. The number of hydrogen-bond acceptors (Lipinski definition) is 5. The lowest BCUT2D eigenvalue weighted by Crippen LogP contribution is -2.25. The fraction of sp³-hybridized carbons (Fsp3) is 0.312. The minimum Gasteiger partial charge on any atom is -0.368 e. The molecule has 0 amide bonds. The minimum absolute atomic E-state index is 0.168. The molecule has 4 rings (SSSR count). The highest BCUT2D eigenvalue weighted by molar-refractivity contribution is 9.10. The third kappa shape index (κ3) is 3.17. The molecule has 1 aliphatic heterocycles. The Kier molecular flexibility index (Phi) is 4.26. The van der Waals surface area contributed by atoms with Gasteiger partial charge in [-0.2, -0.15) is 9.50 Å². The number of nitrogens with zero attached hydrogens (tertiary/aromatic N) is 4. The van der Waals surface area contributed by atoms with Gasteiger partial charge in [0.15, 0.2) is 0 Å². The van der Waals surface area contributed by atoms with Gasteiger partial charge in [-0.15, -0.1) is 0 Å². The molecule has 9 heteroatoms. The Hall–Kier alpha value is -1.90. The zero-order valence-corrected chi connectivity index (χ0v) is 15.6. The van der Waals surface area contributed by atoms with Gasteiger partial charge in [0.05, 0.1) is 5.69 Å². The van der Waals surface area contributed by atoms with E-state index in [0.717, 1.165) is 34.4 Å². The largest absolute Gasteiger partial charge is 0.368 e. The van der Waals surface area contributed by atoms with Crippen LogP contribution in [0.15, 0.2) is 33.5 Å². The minimum atomic E-state index is -0.222. The van der Waals surface area contributed by atoms with Crippen LogP contribution in [-0.4, -0.2) is 31.0 Å². The molecule has 3 aromatic rings. The lowest BCUT2D eigenvalue weighted by Gasteiger charge is -2.25. The van der Waals surface area contributed by atoms with E-state index in [4.69, 9.17) is 17.3 Å². The molecular weight excluding hydrogens is 408 g/mol. The topological polar surface area (TPSA) is 92.3 Å².